The number of hydrogen-bond acceptors (Lipinski definition) is 3. The van der Waals surface area contributed by atoms with E-state index in [1.807, 2.05) is 0 Å². The van der Waals surface area contributed by atoms with Crippen LogP contribution in [-0.4, -0.2) is 31.0 Å². The second kappa shape index (κ2) is 10.4. The van der Waals surface area contributed by atoms with Crippen molar-refractivity contribution in [2.45, 2.75) is 32.4 Å². The van der Waals surface area contributed by atoms with Crippen molar-refractivity contribution in [3.05, 3.63) is 71.3 Å². The largest absolute Gasteiger partial charge is 0.497 e. The third kappa shape index (κ3) is 6.71. The molecule has 0 heterocycles. The third-order valence-electron chi connectivity index (χ3n) is 4.26. The van der Waals surface area contributed by atoms with E-state index in [-0.39, 0.29) is 12.0 Å². The van der Waals surface area contributed by atoms with Crippen molar-refractivity contribution >= 4 is 17.9 Å². The molecule has 0 aromatic heterocycles. The van der Waals surface area contributed by atoms with E-state index >= 15 is 0 Å². The van der Waals surface area contributed by atoms with Crippen LogP contribution in [0.3, 0.4) is 0 Å². The highest BCUT2D eigenvalue weighted by atomic mass is 19.1. The minimum absolute atomic E-state index is 0.00227. The van der Waals surface area contributed by atoms with Crippen LogP contribution in [0.2, 0.25) is 0 Å². The lowest BCUT2D eigenvalue weighted by Gasteiger charge is -2.18. The van der Waals surface area contributed by atoms with Gasteiger partial charge in [-0.2, -0.15) is 0 Å². The normalized spacial score (nSPS) is 13.0. The van der Waals surface area contributed by atoms with Gasteiger partial charge in [0, 0.05) is 17.7 Å². The summed E-state index contributed by atoms with van der Waals surface area (Å²) in [6.45, 7) is 3.17. The van der Waals surface area contributed by atoms with Crippen LogP contribution in [0, 0.1) is 11.6 Å². The molecular formula is C22H24F2N2O3. The SMILES string of the molecule is COc1ccc(C=CC(=O)NC(C)C(=O)NC(C)Cc2c(F)cccc2F)cc1. The molecule has 2 unspecified atom stereocenters. The molecule has 29 heavy (non-hydrogen) atoms. The number of ether oxygens (including phenoxy) is 1. The number of amides is 2. The van der Waals surface area contributed by atoms with Crippen molar-refractivity contribution in [1.29, 1.82) is 0 Å². The molecule has 2 atom stereocenters. The zero-order valence-corrected chi connectivity index (χ0v) is 16.5. The number of carbonyl (C=O) groups is 2. The molecule has 2 rings (SSSR count). The molecule has 0 bridgehead atoms. The van der Waals surface area contributed by atoms with E-state index in [2.05, 4.69) is 10.6 Å². The Morgan fingerprint density at radius 2 is 1.66 bits per heavy atom. The van der Waals surface area contributed by atoms with Gasteiger partial charge >= 0.3 is 0 Å². The van der Waals surface area contributed by atoms with Gasteiger partial charge < -0.3 is 15.4 Å². The van der Waals surface area contributed by atoms with Gasteiger partial charge in [-0.15, -0.1) is 0 Å². The molecule has 0 aliphatic carbocycles. The number of hydrogen-bond donors (Lipinski definition) is 2. The van der Waals surface area contributed by atoms with Crippen molar-refractivity contribution in [1.82, 2.24) is 10.6 Å². The lowest BCUT2D eigenvalue weighted by Crippen LogP contribution is -2.47. The fourth-order valence-electron chi connectivity index (χ4n) is 2.67. The van der Waals surface area contributed by atoms with Crippen LogP contribution in [0.5, 0.6) is 5.75 Å². The predicted molar refractivity (Wildman–Crippen MR) is 107 cm³/mol. The first-order valence-corrected chi connectivity index (χ1v) is 9.16. The maximum atomic E-state index is 13.7. The van der Waals surface area contributed by atoms with Gasteiger partial charge in [0.05, 0.1) is 7.11 Å². The van der Waals surface area contributed by atoms with E-state index in [4.69, 9.17) is 4.74 Å². The molecule has 0 saturated heterocycles. The van der Waals surface area contributed by atoms with E-state index in [1.165, 1.54) is 31.2 Å². The Kier molecular flexibility index (Phi) is 7.88. The number of rotatable bonds is 8. The second-order valence-corrected chi connectivity index (χ2v) is 6.65. The fraction of sp³-hybridized carbons (Fsp3) is 0.273. The van der Waals surface area contributed by atoms with Gasteiger partial charge in [0.2, 0.25) is 11.8 Å². The number of carbonyl (C=O) groups excluding carboxylic acids is 2. The Labute approximate surface area is 168 Å². The van der Waals surface area contributed by atoms with Gasteiger partial charge in [0.1, 0.15) is 23.4 Å². The third-order valence-corrected chi connectivity index (χ3v) is 4.26. The Balaban J connectivity index is 1.85. The Morgan fingerprint density at radius 1 is 1.03 bits per heavy atom. The molecule has 0 saturated carbocycles. The van der Waals surface area contributed by atoms with Crippen LogP contribution < -0.4 is 15.4 Å². The standard InChI is InChI=1S/C22H24F2N2O3/c1-14(13-18-19(23)5-4-6-20(18)24)25-22(28)15(2)26-21(27)12-9-16-7-10-17(29-3)11-8-16/h4-12,14-15H,13H2,1-3H3,(H,25,28)(H,26,27). The van der Waals surface area contributed by atoms with Crippen LogP contribution in [0.4, 0.5) is 8.78 Å². The van der Waals surface area contributed by atoms with Gasteiger partial charge in [-0.3, -0.25) is 9.59 Å². The van der Waals surface area contributed by atoms with E-state index in [1.54, 1.807) is 44.4 Å². The first-order chi connectivity index (χ1) is 13.8. The summed E-state index contributed by atoms with van der Waals surface area (Å²) in [5, 5.41) is 5.20. The van der Waals surface area contributed by atoms with E-state index < -0.39 is 35.5 Å². The van der Waals surface area contributed by atoms with Crippen molar-refractivity contribution < 1.29 is 23.1 Å². The number of methoxy groups -OCH3 is 1. The zero-order chi connectivity index (χ0) is 21.4. The molecule has 2 amide bonds. The Hall–Kier alpha value is -3.22. The molecule has 0 aliphatic heterocycles. The fourth-order valence-corrected chi connectivity index (χ4v) is 2.67. The summed E-state index contributed by atoms with van der Waals surface area (Å²) in [6.07, 6.45) is 2.94. The summed E-state index contributed by atoms with van der Waals surface area (Å²) < 4.78 is 32.5. The minimum Gasteiger partial charge on any atom is -0.497 e. The molecule has 5 nitrogen and oxygen atoms in total. The van der Waals surface area contributed by atoms with Crippen molar-refractivity contribution in [2.24, 2.45) is 0 Å². The topological polar surface area (TPSA) is 67.4 Å². The quantitative estimate of drug-likeness (QED) is 0.666. The van der Waals surface area contributed by atoms with Gasteiger partial charge in [-0.1, -0.05) is 18.2 Å². The Bertz CT molecular complexity index is 862. The number of nitrogens with one attached hydrogen (secondary N) is 2. The molecular weight excluding hydrogens is 378 g/mol. The predicted octanol–water partition coefficient (Wildman–Crippen LogP) is 3.24. The van der Waals surface area contributed by atoms with Crippen LogP contribution in [0.1, 0.15) is 25.0 Å². The van der Waals surface area contributed by atoms with Crippen LogP contribution >= 0.6 is 0 Å². The molecule has 2 aromatic rings. The molecule has 0 fully saturated rings. The van der Waals surface area contributed by atoms with Crippen molar-refractivity contribution in [3.63, 3.8) is 0 Å². The van der Waals surface area contributed by atoms with E-state index in [9.17, 15) is 18.4 Å². The van der Waals surface area contributed by atoms with Gasteiger partial charge in [0.25, 0.3) is 0 Å². The van der Waals surface area contributed by atoms with Gasteiger partial charge in [0.15, 0.2) is 0 Å². The summed E-state index contributed by atoms with van der Waals surface area (Å²) in [7, 11) is 1.57. The second-order valence-electron chi connectivity index (χ2n) is 6.65. The Morgan fingerprint density at radius 3 is 2.24 bits per heavy atom. The minimum atomic E-state index is -0.809. The van der Waals surface area contributed by atoms with Gasteiger partial charge in [-0.05, 0) is 56.2 Å². The summed E-state index contributed by atoms with van der Waals surface area (Å²) in [5.41, 5.74) is 0.720. The molecule has 154 valence electrons. The highest BCUT2D eigenvalue weighted by Gasteiger charge is 2.18. The molecule has 7 heteroatoms. The van der Waals surface area contributed by atoms with E-state index in [0.29, 0.717) is 5.75 Å². The average molecular weight is 402 g/mol. The first-order valence-electron chi connectivity index (χ1n) is 9.16. The lowest BCUT2D eigenvalue weighted by atomic mass is 10.1. The highest BCUT2D eigenvalue weighted by molar-refractivity contribution is 5.95. The summed E-state index contributed by atoms with van der Waals surface area (Å²) in [4.78, 5) is 24.3. The molecule has 0 aliphatic rings. The first kappa shape index (κ1) is 22.1. The maximum Gasteiger partial charge on any atom is 0.244 e. The molecule has 0 spiro atoms. The zero-order valence-electron chi connectivity index (χ0n) is 16.5. The van der Waals surface area contributed by atoms with Crippen molar-refractivity contribution in [2.75, 3.05) is 7.11 Å². The van der Waals surface area contributed by atoms with Gasteiger partial charge in [-0.25, -0.2) is 8.78 Å². The number of halogens is 2. The average Bonchev–Trinajstić information content (AvgIpc) is 2.69. The monoisotopic (exact) mass is 402 g/mol. The smallest absolute Gasteiger partial charge is 0.244 e. The highest BCUT2D eigenvalue weighted by Crippen LogP contribution is 2.14. The van der Waals surface area contributed by atoms with Crippen LogP contribution in [-0.2, 0) is 16.0 Å². The number of benzene rings is 2. The summed E-state index contributed by atoms with van der Waals surface area (Å²) >= 11 is 0. The molecule has 0 radical (unpaired) electrons. The lowest BCUT2D eigenvalue weighted by molar-refractivity contribution is -0.127. The summed E-state index contributed by atoms with van der Waals surface area (Å²) in [5.74, 6) is -1.48. The maximum absolute atomic E-state index is 13.7. The molecule has 2 aromatic carbocycles. The molecule has 2 N–H and O–H groups in total. The summed E-state index contributed by atoms with van der Waals surface area (Å²) in [6, 6.07) is 9.44. The van der Waals surface area contributed by atoms with E-state index in [0.717, 1.165) is 5.56 Å². The van der Waals surface area contributed by atoms with Crippen LogP contribution in [0.15, 0.2) is 48.5 Å². The van der Waals surface area contributed by atoms with Crippen LogP contribution in [0.25, 0.3) is 6.08 Å². The van der Waals surface area contributed by atoms with Crippen molar-refractivity contribution in [3.8, 4) is 5.75 Å².